The van der Waals surface area contributed by atoms with Gasteiger partial charge in [-0.25, -0.2) is 4.98 Å². The third-order valence-corrected chi connectivity index (χ3v) is 3.24. The van der Waals surface area contributed by atoms with Crippen LogP contribution in [0.25, 0.3) is 0 Å². The van der Waals surface area contributed by atoms with Gasteiger partial charge >= 0.3 is 0 Å². The van der Waals surface area contributed by atoms with Gasteiger partial charge in [-0.15, -0.1) is 0 Å². The fraction of sp³-hybridized carbons (Fsp3) is 0.143. The molecule has 0 radical (unpaired) electrons. The number of carbonyl (C=O) groups excluding carboxylic acids is 1. The summed E-state index contributed by atoms with van der Waals surface area (Å²) < 4.78 is 0.649. The third kappa shape index (κ3) is 2.76. The van der Waals surface area contributed by atoms with E-state index in [4.69, 9.17) is 0 Å². The van der Waals surface area contributed by atoms with Crippen LogP contribution in [0.5, 0.6) is 0 Å². The van der Waals surface area contributed by atoms with E-state index < -0.39 is 0 Å². The van der Waals surface area contributed by atoms with E-state index in [2.05, 4.69) is 26.2 Å². The van der Waals surface area contributed by atoms with E-state index in [1.54, 1.807) is 18.2 Å². The summed E-state index contributed by atoms with van der Waals surface area (Å²) in [6.07, 6.45) is 0. The summed E-state index contributed by atoms with van der Waals surface area (Å²) in [5.74, 6) is -0.204. The van der Waals surface area contributed by atoms with Crippen LogP contribution in [0.4, 0.5) is 5.69 Å². The van der Waals surface area contributed by atoms with E-state index in [1.807, 2.05) is 32.0 Å². The van der Waals surface area contributed by atoms with E-state index in [-0.39, 0.29) is 5.91 Å². The minimum absolute atomic E-state index is 0.204. The van der Waals surface area contributed by atoms with Gasteiger partial charge in [0.05, 0.1) is 0 Å². The maximum absolute atomic E-state index is 12.0. The molecule has 0 aliphatic carbocycles. The molecule has 0 atom stereocenters. The first-order chi connectivity index (χ1) is 8.58. The lowest BCUT2D eigenvalue weighted by Crippen LogP contribution is -2.14. The zero-order valence-corrected chi connectivity index (χ0v) is 11.8. The van der Waals surface area contributed by atoms with Crippen molar-refractivity contribution in [2.45, 2.75) is 13.8 Å². The first-order valence-corrected chi connectivity index (χ1v) is 6.37. The molecule has 0 spiro atoms. The number of aryl methyl sites for hydroxylation is 1. The summed E-state index contributed by atoms with van der Waals surface area (Å²) in [5, 5.41) is 2.87. The third-order valence-electron chi connectivity index (χ3n) is 2.80. The van der Waals surface area contributed by atoms with Crippen LogP contribution in [-0.4, -0.2) is 10.9 Å². The molecule has 1 aromatic heterocycles. The van der Waals surface area contributed by atoms with Crippen LogP contribution >= 0.6 is 15.9 Å². The van der Waals surface area contributed by atoms with Crippen molar-refractivity contribution in [1.82, 2.24) is 4.98 Å². The van der Waals surface area contributed by atoms with Crippen LogP contribution in [0.1, 0.15) is 21.6 Å². The van der Waals surface area contributed by atoms with Crippen molar-refractivity contribution in [2.75, 3.05) is 5.32 Å². The quantitative estimate of drug-likeness (QED) is 0.859. The van der Waals surface area contributed by atoms with Crippen LogP contribution in [0.15, 0.2) is 41.0 Å². The number of nitrogens with one attached hydrogen (secondary N) is 1. The average Bonchev–Trinajstić information content (AvgIpc) is 2.35. The van der Waals surface area contributed by atoms with Gasteiger partial charge in [0.2, 0.25) is 0 Å². The van der Waals surface area contributed by atoms with E-state index in [0.717, 1.165) is 16.8 Å². The molecule has 18 heavy (non-hydrogen) atoms. The van der Waals surface area contributed by atoms with Gasteiger partial charge in [0, 0.05) is 5.69 Å². The van der Waals surface area contributed by atoms with Gasteiger partial charge in [0.25, 0.3) is 5.91 Å². The molecule has 0 aliphatic rings. The highest BCUT2D eigenvalue weighted by molar-refractivity contribution is 9.10. The van der Waals surface area contributed by atoms with Crippen molar-refractivity contribution in [3.63, 3.8) is 0 Å². The minimum Gasteiger partial charge on any atom is -0.320 e. The molecule has 0 aliphatic heterocycles. The molecule has 0 saturated heterocycles. The Bertz CT molecular complexity index is 596. The lowest BCUT2D eigenvalue weighted by molar-refractivity contribution is 0.102. The average molecular weight is 305 g/mol. The molecule has 92 valence electrons. The number of rotatable bonds is 2. The van der Waals surface area contributed by atoms with Crippen molar-refractivity contribution in [3.05, 3.63) is 57.8 Å². The lowest BCUT2D eigenvalue weighted by Gasteiger charge is -2.09. The summed E-state index contributed by atoms with van der Waals surface area (Å²) in [5.41, 5.74) is 3.43. The number of nitrogens with zero attached hydrogens (tertiary/aromatic N) is 1. The second-order valence-corrected chi connectivity index (χ2v) is 4.86. The fourth-order valence-electron chi connectivity index (χ4n) is 1.61. The normalized spacial score (nSPS) is 10.2. The number of aromatic nitrogens is 1. The predicted molar refractivity (Wildman–Crippen MR) is 75.8 cm³/mol. The summed E-state index contributed by atoms with van der Waals surface area (Å²) in [4.78, 5) is 16.2. The first-order valence-electron chi connectivity index (χ1n) is 5.58. The number of anilines is 1. The Balaban J connectivity index is 2.24. The van der Waals surface area contributed by atoms with E-state index in [0.29, 0.717) is 10.3 Å². The second-order valence-electron chi connectivity index (χ2n) is 4.05. The zero-order valence-electron chi connectivity index (χ0n) is 10.2. The van der Waals surface area contributed by atoms with Crippen molar-refractivity contribution in [1.29, 1.82) is 0 Å². The van der Waals surface area contributed by atoms with Crippen LogP contribution < -0.4 is 5.32 Å². The molecule has 0 bridgehead atoms. The van der Waals surface area contributed by atoms with Crippen molar-refractivity contribution in [3.8, 4) is 0 Å². The Hall–Kier alpha value is -1.68. The van der Waals surface area contributed by atoms with E-state index in [1.165, 1.54) is 0 Å². The molecular weight excluding hydrogens is 292 g/mol. The molecule has 2 aromatic rings. The molecule has 0 unspecified atom stereocenters. The molecule has 4 heteroatoms. The molecule has 0 saturated carbocycles. The van der Waals surface area contributed by atoms with Gasteiger partial charge in [-0.3, -0.25) is 4.79 Å². The molecule has 0 fully saturated rings. The number of pyridine rings is 1. The van der Waals surface area contributed by atoms with Crippen LogP contribution in [0.3, 0.4) is 0 Å². The summed E-state index contributed by atoms with van der Waals surface area (Å²) in [7, 11) is 0. The molecular formula is C14H13BrN2O. The first kappa shape index (κ1) is 12.8. The Labute approximate surface area is 114 Å². The second kappa shape index (κ2) is 5.31. The van der Waals surface area contributed by atoms with Crippen molar-refractivity contribution in [2.24, 2.45) is 0 Å². The van der Waals surface area contributed by atoms with Gasteiger partial charge in [-0.05, 0) is 59.1 Å². The Kier molecular flexibility index (Phi) is 3.77. The van der Waals surface area contributed by atoms with Crippen molar-refractivity contribution >= 4 is 27.5 Å². The Morgan fingerprint density at radius 1 is 1.17 bits per heavy atom. The molecule has 1 aromatic carbocycles. The fourth-order valence-corrected chi connectivity index (χ4v) is 1.95. The van der Waals surface area contributed by atoms with Crippen LogP contribution in [0, 0.1) is 13.8 Å². The number of benzene rings is 1. The van der Waals surface area contributed by atoms with Gasteiger partial charge in [0.1, 0.15) is 10.3 Å². The number of hydrogen-bond acceptors (Lipinski definition) is 2. The zero-order chi connectivity index (χ0) is 13.1. The number of halogens is 1. The molecule has 1 N–H and O–H groups in total. The Morgan fingerprint density at radius 2 is 1.89 bits per heavy atom. The standard InChI is InChI=1S/C14H13BrN2O/c1-9-5-3-6-11(10(9)2)17-14(18)12-7-4-8-13(15)16-12/h3-8H,1-2H3,(H,17,18). The largest absolute Gasteiger partial charge is 0.320 e. The van der Waals surface area contributed by atoms with Gasteiger partial charge in [-0.1, -0.05) is 18.2 Å². The van der Waals surface area contributed by atoms with Crippen LogP contribution in [-0.2, 0) is 0 Å². The van der Waals surface area contributed by atoms with Gasteiger partial charge in [-0.2, -0.15) is 0 Å². The number of hydrogen-bond donors (Lipinski definition) is 1. The monoisotopic (exact) mass is 304 g/mol. The number of carbonyl (C=O) groups is 1. The molecule has 2 rings (SSSR count). The molecule has 1 heterocycles. The van der Waals surface area contributed by atoms with Crippen molar-refractivity contribution < 1.29 is 4.79 Å². The van der Waals surface area contributed by atoms with E-state index in [9.17, 15) is 4.79 Å². The van der Waals surface area contributed by atoms with E-state index >= 15 is 0 Å². The smallest absolute Gasteiger partial charge is 0.274 e. The maximum Gasteiger partial charge on any atom is 0.274 e. The SMILES string of the molecule is Cc1cccc(NC(=O)c2cccc(Br)n2)c1C. The Morgan fingerprint density at radius 3 is 2.61 bits per heavy atom. The van der Waals surface area contributed by atoms with Gasteiger partial charge < -0.3 is 5.32 Å². The molecule has 1 amide bonds. The maximum atomic E-state index is 12.0. The highest BCUT2D eigenvalue weighted by Crippen LogP contribution is 2.18. The summed E-state index contributed by atoms with van der Waals surface area (Å²) in [6, 6.07) is 11.1. The lowest BCUT2D eigenvalue weighted by atomic mass is 10.1. The van der Waals surface area contributed by atoms with Gasteiger partial charge in [0.15, 0.2) is 0 Å². The van der Waals surface area contributed by atoms with Crippen LogP contribution in [0.2, 0.25) is 0 Å². The number of amides is 1. The summed E-state index contributed by atoms with van der Waals surface area (Å²) >= 11 is 3.25. The summed E-state index contributed by atoms with van der Waals surface area (Å²) in [6.45, 7) is 4.00. The highest BCUT2D eigenvalue weighted by atomic mass is 79.9. The predicted octanol–water partition coefficient (Wildman–Crippen LogP) is 3.71. The minimum atomic E-state index is -0.204. The highest BCUT2D eigenvalue weighted by Gasteiger charge is 2.09. The topological polar surface area (TPSA) is 42.0 Å². The molecule has 3 nitrogen and oxygen atoms in total.